The lowest BCUT2D eigenvalue weighted by molar-refractivity contribution is 0.233. The quantitative estimate of drug-likeness (QED) is 0.828. The third kappa shape index (κ3) is 2.44. The highest BCUT2D eigenvalue weighted by Gasteiger charge is 2.32. The van der Waals surface area contributed by atoms with E-state index in [1.54, 1.807) is 0 Å². The summed E-state index contributed by atoms with van der Waals surface area (Å²) in [5, 5.41) is 3.55. The van der Waals surface area contributed by atoms with Gasteiger partial charge in [-0.25, -0.2) is 4.98 Å². The van der Waals surface area contributed by atoms with Crippen molar-refractivity contribution in [2.45, 2.75) is 38.4 Å². The Kier molecular flexibility index (Phi) is 3.04. The summed E-state index contributed by atoms with van der Waals surface area (Å²) in [6.45, 7) is 6.53. The predicted octanol–water partition coefficient (Wildman–Crippen LogP) is 0.992. The molecule has 1 aliphatic rings. The van der Waals surface area contributed by atoms with Crippen LogP contribution < -0.4 is 5.32 Å². The van der Waals surface area contributed by atoms with Gasteiger partial charge in [-0.05, 0) is 27.3 Å². The highest BCUT2D eigenvalue weighted by Crippen LogP contribution is 2.22. The number of aryl methyl sites for hydroxylation is 1. The normalized spacial score (nSPS) is 24.2. The summed E-state index contributed by atoms with van der Waals surface area (Å²) in [7, 11) is 4.23. The summed E-state index contributed by atoms with van der Waals surface area (Å²) in [4.78, 5) is 6.76. The molecule has 0 amide bonds. The summed E-state index contributed by atoms with van der Waals surface area (Å²) >= 11 is 0. The third-order valence-electron chi connectivity index (χ3n) is 3.50. The summed E-state index contributed by atoms with van der Waals surface area (Å²) in [6.07, 6.45) is 5.06. The van der Waals surface area contributed by atoms with Gasteiger partial charge in [0.15, 0.2) is 0 Å². The Bertz CT molecular complexity index is 356. The zero-order chi connectivity index (χ0) is 11.8. The van der Waals surface area contributed by atoms with Gasteiger partial charge in [0.05, 0.1) is 6.54 Å². The van der Waals surface area contributed by atoms with E-state index < -0.39 is 0 Å². The van der Waals surface area contributed by atoms with E-state index in [2.05, 4.69) is 40.7 Å². The van der Waals surface area contributed by atoms with Crippen LogP contribution in [0.4, 0.5) is 0 Å². The molecule has 1 aromatic rings. The SMILES string of the molecule is CN(Cc1nccn1C)C1CNC(C)(C)C1. The van der Waals surface area contributed by atoms with Crippen LogP contribution in [0.5, 0.6) is 0 Å². The number of hydrogen-bond acceptors (Lipinski definition) is 3. The number of aromatic nitrogens is 2. The number of hydrogen-bond donors (Lipinski definition) is 1. The largest absolute Gasteiger partial charge is 0.337 e. The van der Waals surface area contributed by atoms with E-state index in [1.165, 1.54) is 6.42 Å². The minimum absolute atomic E-state index is 0.278. The lowest BCUT2D eigenvalue weighted by atomic mass is 10.0. The number of nitrogens with one attached hydrogen (secondary N) is 1. The maximum Gasteiger partial charge on any atom is 0.122 e. The monoisotopic (exact) mass is 222 g/mol. The average Bonchev–Trinajstić information content (AvgIpc) is 2.74. The Labute approximate surface area is 97.7 Å². The highest BCUT2D eigenvalue weighted by molar-refractivity contribution is 4.96. The molecule has 0 radical (unpaired) electrons. The molecule has 1 aromatic heterocycles. The Balaban J connectivity index is 1.94. The van der Waals surface area contributed by atoms with E-state index >= 15 is 0 Å². The van der Waals surface area contributed by atoms with Gasteiger partial charge in [-0.3, -0.25) is 4.90 Å². The smallest absolute Gasteiger partial charge is 0.122 e. The van der Waals surface area contributed by atoms with Crippen molar-refractivity contribution < 1.29 is 0 Å². The van der Waals surface area contributed by atoms with Crippen LogP contribution >= 0.6 is 0 Å². The second-order valence-corrected chi connectivity index (χ2v) is 5.49. The molecule has 0 bridgehead atoms. The van der Waals surface area contributed by atoms with E-state index in [9.17, 15) is 0 Å². The predicted molar refractivity (Wildman–Crippen MR) is 65.2 cm³/mol. The van der Waals surface area contributed by atoms with Crippen LogP contribution in [-0.4, -0.2) is 39.6 Å². The number of nitrogens with zero attached hydrogens (tertiary/aromatic N) is 3. The van der Waals surface area contributed by atoms with E-state index in [-0.39, 0.29) is 5.54 Å². The van der Waals surface area contributed by atoms with Crippen molar-refractivity contribution >= 4 is 0 Å². The topological polar surface area (TPSA) is 33.1 Å². The van der Waals surface area contributed by atoms with E-state index in [0.717, 1.165) is 18.9 Å². The minimum atomic E-state index is 0.278. The maximum absolute atomic E-state index is 4.36. The first-order chi connectivity index (χ1) is 7.48. The van der Waals surface area contributed by atoms with Crippen LogP contribution in [0.3, 0.4) is 0 Å². The second-order valence-electron chi connectivity index (χ2n) is 5.49. The van der Waals surface area contributed by atoms with Gasteiger partial charge in [-0.1, -0.05) is 0 Å². The Hall–Kier alpha value is -0.870. The number of rotatable bonds is 3. The van der Waals surface area contributed by atoms with Crippen molar-refractivity contribution in [2.75, 3.05) is 13.6 Å². The molecule has 1 atom stereocenters. The van der Waals surface area contributed by atoms with Crippen molar-refractivity contribution in [3.63, 3.8) is 0 Å². The van der Waals surface area contributed by atoms with Gasteiger partial charge >= 0.3 is 0 Å². The summed E-state index contributed by atoms with van der Waals surface area (Å²) in [5.41, 5.74) is 0.278. The fraction of sp³-hybridized carbons (Fsp3) is 0.750. The zero-order valence-electron chi connectivity index (χ0n) is 10.7. The zero-order valence-corrected chi connectivity index (χ0v) is 10.7. The Morgan fingerprint density at radius 3 is 2.88 bits per heavy atom. The van der Waals surface area contributed by atoms with Crippen molar-refractivity contribution in [2.24, 2.45) is 7.05 Å². The molecule has 1 saturated heterocycles. The molecule has 16 heavy (non-hydrogen) atoms. The molecule has 0 spiro atoms. The van der Waals surface area contributed by atoms with Crippen LogP contribution in [0.1, 0.15) is 26.1 Å². The number of imidazole rings is 1. The molecular weight excluding hydrogens is 200 g/mol. The van der Waals surface area contributed by atoms with Gasteiger partial charge < -0.3 is 9.88 Å². The van der Waals surface area contributed by atoms with Crippen LogP contribution in [-0.2, 0) is 13.6 Å². The molecule has 4 heteroatoms. The lowest BCUT2D eigenvalue weighted by Crippen LogP contribution is -2.33. The Morgan fingerprint density at radius 2 is 2.38 bits per heavy atom. The minimum Gasteiger partial charge on any atom is -0.337 e. The molecule has 0 saturated carbocycles. The van der Waals surface area contributed by atoms with E-state index in [4.69, 9.17) is 0 Å². The van der Waals surface area contributed by atoms with E-state index in [0.29, 0.717) is 6.04 Å². The van der Waals surface area contributed by atoms with Gasteiger partial charge in [0.2, 0.25) is 0 Å². The van der Waals surface area contributed by atoms with Gasteiger partial charge in [-0.15, -0.1) is 0 Å². The van der Waals surface area contributed by atoms with Crippen LogP contribution in [0.2, 0.25) is 0 Å². The van der Waals surface area contributed by atoms with Crippen molar-refractivity contribution in [1.29, 1.82) is 0 Å². The Morgan fingerprint density at radius 1 is 1.62 bits per heavy atom. The summed E-state index contributed by atoms with van der Waals surface area (Å²) < 4.78 is 2.09. The van der Waals surface area contributed by atoms with Crippen LogP contribution in [0.15, 0.2) is 12.4 Å². The molecule has 1 unspecified atom stereocenters. The fourth-order valence-corrected chi connectivity index (χ4v) is 2.34. The second kappa shape index (κ2) is 4.18. The molecule has 0 aromatic carbocycles. The molecule has 1 fully saturated rings. The summed E-state index contributed by atoms with van der Waals surface area (Å²) in [5.74, 6) is 1.13. The van der Waals surface area contributed by atoms with Crippen molar-refractivity contribution in [3.8, 4) is 0 Å². The summed E-state index contributed by atoms with van der Waals surface area (Å²) in [6, 6.07) is 0.617. The molecular formula is C12H22N4. The van der Waals surface area contributed by atoms with Crippen LogP contribution in [0, 0.1) is 0 Å². The van der Waals surface area contributed by atoms with Crippen molar-refractivity contribution in [1.82, 2.24) is 19.8 Å². The van der Waals surface area contributed by atoms with Crippen LogP contribution in [0.25, 0.3) is 0 Å². The molecule has 1 N–H and O–H groups in total. The number of likely N-dealkylation sites (N-methyl/N-ethyl adjacent to an activating group) is 1. The van der Waals surface area contributed by atoms with Crippen molar-refractivity contribution in [3.05, 3.63) is 18.2 Å². The first kappa shape index (κ1) is 11.6. The molecule has 2 rings (SSSR count). The fourth-order valence-electron chi connectivity index (χ4n) is 2.34. The highest BCUT2D eigenvalue weighted by atomic mass is 15.2. The first-order valence-electron chi connectivity index (χ1n) is 5.89. The van der Waals surface area contributed by atoms with E-state index in [1.807, 2.05) is 19.4 Å². The third-order valence-corrected chi connectivity index (χ3v) is 3.50. The van der Waals surface area contributed by atoms with Gasteiger partial charge in [-0.2, -0.15) is 0 Å². The molecule has 4 nitrogen and oxygen atoms in total. The molecule has 0 aliphatic carbocycles. The van der Waals surface area contributed by atoms with Gasteiger partial charge in [0.1, 0.15) is 5.82 Å². The van der Waals surface area contributed by atoms with Gasteiger partial charge in [0, 0.05) is 37.6 Å². The first-order valence-corrected chi connectivity index (χ1v) is 5.89. The molecule has 2 heterocycles. The standard InChI is InChI=1S/C12H22N4/c1-12(2)7-10(8-14-12)16(4)9-11-13-5-6-15(11)3/h5-6,10,14H,7-9H2,1-4H3. The maximum atomic E-state index is 4.36. The average molecular weight is 222 g/mol. The molecule has 90 valence electrons. The lowest BCUT2D eigenvalue weighted by Gasteiger charge is -2.24. The van der Waals surface area contributed by atoms with Gasteiger partial charge in [0.25, 0.3) is 0 Å². The molecule has 1 aliphatic heterocycles.